The zero-order chi connectivity index (χ0) is 11.2. The number of urea groups is 1. The van der Waals surface area contributed by atoms with Crippen molar-refractivity contribution >= 4 is 6.03 Å². The number of amides is 2. The third-order valence-corrected chi connectivity index (χ3v) is 2.88. The van der Waals surface area contributed by atoms with Crippen LogP contribution in [0.15, 0.2) is 12.5 Å². The van der Waals surface area contributed by atoms with Gasteiger partial charge in [0.1, 0.15) is 0 Å². The average Bonchev–Trinajstić information content (AvgIpc) is 2.66. The number of nitrogens with one attached hydrogen (secondary N) is 2. The standard InChI is InChI=1S/C11H18N4O/c16-11(13-8-10-7-12-9-14-10)15-5-3-1-2-4-6-15/h7,9H,1-6,8H2,(H,12,14)(H,13,16). The van der Waals surface area contributed by atoms with Gasteiger partial charge >= 0.3 is 6.03 Å². The van der Waals surface area contributed by atoms with Gasteiger partial charge in [0.15, 0.2) is 0 Å². The zero-order valence-electron chi connectivity index (χ0n) is 9.41. The number of nitrogens with zero attached hydrogens (tertiary/aromatic N) is 2. The lowest BCUT2D eigenvalue weighted by atomic mass is 10.2. The second kappa shape index (κ2) is 5.53. The summed E-state index contributed by atoms with van der Waals surface area (Å²) in [5, 5.41) is 2.90. The fraction of sp³-hybridized carbons (Fsp3) is 0.636. The summed E-state index contributed by atoms with van der Waals surface area (Å²) in [6.45, 7) is 2.29. The topological polar surface area (TPSA) is 61.0 Å². The van der Waals surface area contributed by atoms with E-state index in [2.05, 4.69) is 15.3 Å². The van der Waals surface area contributed by atoms with E-state index in [0.29, 0.717) is 6.54 Å². The molecule has 2 N–H and O–H groups in total. The van der Waals surface area contributed by atoms with Crippen molar-refractivity contribution in [1.82, 2.24) is 20.2 Å². The van der Waals surface area contributed by atoms with Gasteiger partial charge in [-0.2, -0.15) is 0 Å². The van der Waals surface area contributed by atoms with Crippen molar-refractivity contribution in [2.45, 2.75) is 32.2 Å². The number of H-pyrrole nitrogens is 1. The predicted molar refractivity (Wildman–Crippen MR) is 60.9 cm³/mol. The quantitative estimate of drug-likeness (QED) is 0.796. The molecule has 0 atom stereocenters. The van der Waals surface area contributed by atoms with Crippen molar-refractivity contribution < 1.29 is 4.79 Å². The smallest absolute Gasteiger partial charge is 0.317 e. The molecule has 5 nitrogen and oxygen atoms in total. The highest BCUT2D eigenvalue weighted by atomic mass is 16.2. The lowest BCUT2D eigenvalue weighted by Gasteiger charge is -2.20. The minimum atomic E-state index is 0.0384. The van der Waals surface area contributed by atoms with Crippen molar-refractivity contribution in [2.75, 3.05) is 13.1 Å². The van der Waals surface area contributed by atoms with Gasteiger partial charge in [-0.15, -0.1) is 0 Å². The molecule has 1 aromatic heterocycles. The molecular formula is C11H18N4O. The fourth-order valence-corrected chi connectivity index (χ4v) is 1.94. The molecule has 1 aromatic rings. The molecule has 16 heavy (non-hydrogen) atoms. The highest BCUT2D eigenvalue weighted by Gasteiger charge is 2.14. The molecule has 1 aliphatic rings. The number of carbonyl (C=O) groups is 1. The Morgan fingerprint density at radius 3 is 2.75 bits per heavy atom. The van der Waals surface area contributed by atoms with Gasteiger partial charge < -0.3 is 15.2 Å². The zero-order valence-corrected chi connectivity index (χ0v) is 9.41. The maximum atomic E-state index is 11.8. The van der Waals surface area contributed by atoms with Gasteiger partial charge in [0.05, 0.1) is 18.6 Å². The molecule has 2 heterocycles. The number of hydrogen-bond donors (Lipinski definition) is 2. The average molecular weight is 222 g/mol. The Balaban J connectivity index is 1.78. The molecule has 1 aliphatic heterocycles. The lowest BCUT2D eigenvalue weighted by molar-refractivity contribution is 0.199. The van der Waals surface area contributed by atoms with E-state index in [-0.39, 0.29) is 6.03 Å². The molecule has 2 amide bonds. The molecule has 0 aliphatic carbocycles. The van der Waals surface area contributed by atoms with Crippen molar-refractivity contribution in [3.05, 3.63) is 18.2 Å². The first-order valence-corrected chi connectivity index (χ1v) is 5.86. The van der Waals surface area contributed by atoms with Gasteiger partial charge in [0.25, 0.3) is 0 Å². The van der Waals surface area contributed by atoms with Crippen LogP contribution in [0.4, 0.5) is 4.79 Å². The molecule has 0 saturated carbocycles. The van der Waals surface area contributed by atoms with E-state index in [9.17, 15) is 4.79 Å². The third kappa shape index (κ3) is 2.98. The number of imidazole rings is 1. The van der Waals surface area contributed by atoms with Crippen LogP contribution in [0.1, 0.15) is 31.4 Å². The van der Waals surface area contributed by atoms with Crippen LogP contribution in [0, 0.1) is 0 Å². The Hall–Kier alpha value is -1.52. The summed E-state index contributed by atoms with van der Waals surface area (Å²) < 4.78 is 0. The van der Waals surface area contributed by atoms with E-state index in [1.807, 2.05) is 4.90 Å². The number of likely N-dealkylation sites (tertiary alicyclic amines) is 1. The molecule has 0 radical (unpaired) electrons. The molecule has 0 unspecified atom stereocenters. The normalized spacial score (nSPS) is 16.9. The van der Waals surface area contributed by atoms with E-state index in [0.717, 1.165) is 31.6 Å². The monoisotopic (exact) mass is 222 g/mol. The highest BCUT2D eigenvalue weighted by molar-refractivity contribution is 5.74. The van der Waals surface area contributed by atoms with Crippen LogP contribution in [0.3, 0.4) is 0 Å². The minimum absolute atomic E-state index is 0.0384. The Morgan fingerprint density at radius 1 is 1.38 bits per heavy atom. The molecule has 88 valence electrons. The van der Waals surface area contributed by atoms with Crippen LogP contribution in [-0.2, 0) is 6.54 Å². The first-order valence-electron chi connectivity index (χ1n) is 5.86. The largest absolute Gasteiger partial charge is 0.347 e. The summed E-state index contributed by atoms with van der Waals surface area (Å²) in [6, 6.07) is 0.0384. The summed E-state index contributed by atoms with van der Waals surface area (Å²) >= 11 is 0. The first-order chi connectivity index (χ1) is 7.86. The number of aromatic amines is 1. The molecule has 2 rings (SSSR count). The number of rotatable bonds is 2. The van der Waals surface area contributed by atoms with E-state index in [4.69, 9.17) is 0 Å². The molecular weight excluding hydrogens is 204 g/mol. The van der Waals surface area contributed by atoms with E-state index >= 15 is 0 Å². The van der Waals surface area contributed by atoms with Gasteiger partial charge in [-0.05, 0) is 12.8 Å². The van der Waals surface area contributed by atoms with Gasteiger partial charge in [0, 0.05) is 19.3 Å². The van der Waals surface area contributed by atoms with Crippen LogP contribution < -0.4 is 5.32 Å². The Kier molecular flexibility index (Phi) is 3.80. The van der Waals surface area contributed by atoms with E-state index in [1.54, 1.807) is 12.5 Å². The van der Waals surface area contributed by atoms with Gasteiger partial charge in [0.2, 0.25) is 0 Å². The SMILES string of the molecule is O=C(NCc1cnc[nH]1)N1CCCCCC1. The van der Waals surface area contributed by atoms with Crippen LogP contribution in [0.25, 0.3) is 0 Å². The van der Waals surface area contributed by atoms with Crippen LogP contribution >= 0.6 is 0 Å². The van der Waals surface area contributed by atoms with Gasteiger partial charge in [-0.1, -0.05) is 12.8 Å². The van der Waals surface area contributed by atoms with Crippen molar-refractivity contribution in [1.29, 1.82) is 0 Å². The molecule has 5 heteroatoms. The summed E-state index contributed by atoms with van der Waals surface area (Å²) in [5.41, 5.74) is 0.933. The third-order valence-electron chi connectivity index (χ3n) is 2.88. The minimum Gasteiger partial charge on any atom is -0.347 e. The fourth-order valence-electron chi connectivity index (χ4n) is 1.94. The summed E-state index contributed by atoms with van der Waals surface area (Å²) in [7, 11) is 0. The molecule has 0 aromatic carbocycles. The van der Waals surface area contributed by atoms with Crippen molar-refractivity contribution in [3.63, 3.8) is 0 Å². The number of aromatic nitrogens is 2. The second-order valence-electron chi connectivity index (χ2n) is 4.14. The van der Waals surface area contributed by atoms with Crippen molar-refractivity contribution in [2.24, 2.45) is 0 Å². The van der Waals surface area contributed by atoms with Gasteiger partial charge in [-0.25, -0.2) is 9.78 Å². The molecule has 1 saturated heterocycles. The number of carbonyl (C=O) groups excluding carboxylic acids is 1. The van der Waals surface area contributed by atoms with Crippen LogP contribution in [0.5, 0.6) is 0 Å². The molecule has 0 spiro atoms. The van der Waals surface area contributed by atoms with Crippen LogP contribution in [0.2, 0.25) is 0 Å². The number of hydrogen-bond acceptors (Lipinski definition) is 2. The maximum absolute atomic E-state index is 11.8. The van der Waals surface area contributed by atoms with Crippen molar-refractivity contribution in [3.8, 4) is 0 Å². The maximum Gasteiger partial charge on any atom is 0.317 e. The lowest BCUT2D eigenvalue weighted by Crippen LogP contribution is -2.40. The van der Waals surface area contributed by atoms with E-state index < -0.39 is 0 Å². The Morgan fingerprint density at radius 2 is 2.12 bits per heavy atom. The van der Waals surface area contributed by atoms with Crippen LogP contribution in [-0.4, -0.2) is 34.0 Å². The summed E-state index contributed by atoms with van der Waals surface area (Å²) in [4.78, 5) is 20.6. The van der Waals surface area contributed by atoms with E-state index in [1.165, 1.54) is 12.8 Å². The Labute approximate surface area is 95.2 Å². The highest BCUT2D eigenvalue weighted by Crippen LogP contribution is 2.09. The predicted octanol–water partition coefficient (Wildman–Crippen LogP) is 1.50. The molecule has 0 bridgehead atoms. The Bertz CT molecular complexity index is 315. The summed E-state index contributed by atoms with van der Waals surface area (Å²) in [5.74, 6) is 0. The second-order valence-corrected chi connectivity index (χ2v) is 4.14. The molecule has 1 fully saturated rings. The summed E-state index contributed by atoms with van der Waals surface area (Å²) in [6.07, 6.45) is 8.07. The first kappa shape index (κ1) is 11.0. The van der Waals surface area contributed by atoms with Gasteiger partial charge in [-0.3, -0.25) is 0 Å².